The van der Waals surface area contributed by atoms with Crippen LogP contribution in [-0.4, -0.2) is 36.6 Å². The van der Waals surface area contributed by atoms with E-state index in [1.807, 2.05) is 12.4 Å². The zero-order chi connectivity index (χ0) is 15.8. The van der Waals surface area contributed by atoms with Gasteiger partial charge in [-0.2, -0.15) is 5.26 Å². The summed E-state index contributed by atoms with van der Waals surface area (Å²) in [6.07, 6.45) is 5.75. The number of nitrogens with one attached hydrogen (secondary N) is 2. The Kier molecular flexibility index (Phi) is 6.25. The third kappa shape index (κ3) is 4.48. The first-order chi connectivity index (χ1) is 10.7. The zero-order valence-electron chi connectivity index (χ0n) is 12.3. The molecule has 0 aromatic heterocycles. The molecule has 2 N–H and O–H groups in total. The number of amidine groups is 1. The Balaban J connectivity index is 2.09. The molecular formula is C15H18N4O2S. The Labute approximate surface area is 133 Å². The number of carbonyl (C=O) groups is 1. The zero-order valence-corrected chi connectivity index (χ0v) is 13.2. The van der Waals surface area contributed by atoms with E-state index in [4.69, 9.17) is 10.00 Å². The molecule has 1 atom stereocenters. The summed E-state index contributed by atoms with van der Waals surface area (Å²) in [6, 6.07) is 7.06. The predicted molar refractivity (Wildman–Crippen MR) is 87.1 cm³/mol. The van der Waals surface area contributed by atoms with Gasteiger partial charge >= 0.3 is 0 Å². The molecule has 0 radical (unpaired) electrons. The molecule has 6 nitrogen and oxygen atoms in total. The van der Waals surface area contributed by atoms with Gasteiger partial charge in [-0.15, -0.1) is 0 Å². The number of aliphatic imine (C=N–C) groups is 1. The minimum Gasteiger partial charge on any atom is -0.376 e. The summed E-state index contributed by atoms with van der Waals surface area (Å²) in [5, 5.41) is 14.5. The lowest BCUT2D eigenvalue weighted by atomic mass is 10.1. The Morgan fingerprint density at radius 3 is 3.05 bits per heavy atom. The number of carbonyl (C=O) groups excluding carboxylic acids is 1. The Morgan fingerprint density at radius 1 is 1.55 bits per heavy atom. The van der Waals surface area contributed by atoms with Crippen LogP contribution in [0, 0.1) is 11.5 Å². The molecule has 116 valence electrons. The summed E-state index contributed by atoms with van der Waals surface area (Å²) in [5.41, 5.74) is 1.01. The monoisotopic (exact) mass is 318 g/mol. The fourth-order valence-electron chi connectivity index (χ4n) is 2.15. The molecule has 2 rings (SSSR count). The van der Waals surface area contributed by atoms with Crippen LogP contribution < -0.4 is 10.6 Å². The summed E-state index contributed by atoms with van der Waals surface area (Å²) in [5.74, 6) is -0.188. The minimum atomic E-state index is -0.188. The van der Waals surface area contributed by atoms with Crippen molar-refractivity contribution in [1.29, 1.82) is 5.26 Å². The Bertz CT molecular complexity index is 591. The molecule has 0 bridgehead atoms. The minimum absolute atomic E-state index is 0.0987. The number of rotatable bonds is 4. The molecule has 0 aliphatic carbocycles. The summed E-state index contributed by atoms with van der Waals surface area (Å²) in [7, 11) is 0. The maximum absolute atomic E-state index is 12.3. The van der Waals surface area contributed by atoms with Crippen LogP contribution in [-0.2, 0) is 4.74 Å². The molecule has 22 heavy (non-hydrogen) atoms. The van der Waals surface area contributed by atoms with Crippen LogP contribution in [0.4, 0.5) is 5.69 Å². The molecule has 7 heteroatoms. The van der Waals surface area contributed by atoms with Crippen molar-refractivity contribution >= 4 is 28.5 Å². The number of thioether (sulfide) groups is 1. The lowest BCUT2D eigenvalue weighted by molar-refractivity contribution is 0.0858. The molecule has 1 fully saturated rings. The van der Waals surface area contributed by atoms with E-state index in [0.29, 0.717) is 23.0 Å². The second-order valence-corrected chi connectivity index (χ2v) is 5.52. The van der Waals surface area contributed by atoms with Gasteiger partial charge in [0.15, 0.2) is 11.4 Å². The van der Waals surface area contributed by atoms with Gasteiger partial charge in [0.25, 0.3) is 5.91 Å². The number of benzene rings is 1. The van der Waals surface area contributed by atoms with Gasteiger partial charge in [-0.25, -0.2) is 4.99 Å². The molecule has 1 unspecified atom stereocenters. The van der Waals surface area contributed by atoms with Crippen molar-refractivity contribution in [3.05, 3.63) is 29.8 Å². The van der Waals surface area contributed by atoms with E-state index >= 15 is 0 Å². The van der Waals surface area contributed by atoms with Crippen molar-refractivity contribution < 1.29 is 9.53 Å². The van der Waals surface area contributed by atoms with Gasteiger partial charge in [0.1, 0.15) is 0 Å². The number of nitrogens with zero attached hydrogens (tertiary/aromatic N) is 2. The highest BCUT2D eigenvalue weighted by atomic mass is 32.2. The van der Waals surface area contributed by atoms with Gasteiger partial charge in [-0.3, -0.25) is 10.1 Å². The van der Waals surface area contributed by atoms with Crippen molar-refractivity contribution in [2.75, 3.05) is 19.4 Å². The highest BCUT2D eigenvalue weighted by Gasteiger charge is 2.17. The van der Waals surface area contributed by atoms with Crippen molar-refractivity contribution in [2.45, 2.75) is 18.9 Å². The third-order valence-corrected chi connectivity index (χ3v) is 3.82. The van der Waals surface area contributed by atoms with E-state index in [2.05, 4.69) is 15.6 Å². The molecule has 1 saturated heterocycles. The maximum Gasteiger partial charge on any atom is 0.253 e. The summed E-state index contributed by atoms with van der Waals surface area (Å²) < 4.78 is 5.49. The molecular weight excluding hydrogens is 300 g/mol. The number of hydrogen-bond acceptors (Lipinski definition) is 5. The normalized spacial score (nSPS) is 17.8. The second kappa shape index (κ2) is 8.41. The quantitative estimate of drug-likeness (QED) is 0.384. The van der Waals surface area contributed by atoms with E-state index in [0.717, 1.165) is 19.4 Å². The first kappa shape index (κ1) is 16.3. The van der Waals surface area contributed by atoms with E-state index < -0.39 is 0 Å². The van der Waals surface area contributed by atoms with Crippen molar-refractivity contribution in [1.82, 2.24) is 10.6 Å². The lowest BCUT2D eigenvalue weighted by Crippen LogP contribution is -2.31. The van der Waals surface area contributed by atoms with Gasteiger partial charge in [-0.1, -0.05) is 23.9 Å². The largest absolute Gasteiger partial charge is 0.376 e. The van der Waals surface area contributed by atoms with E-state index in [1.54, 1.807) is 24.3 Å². The van der Waals surface area contributed by atoms with Crippen LogP contribution in [0.15, 0.2) is 29.3 Å². The van der Waals surface area contributed by atoms with Gasteiger partial charge in [-0.05, 0) is 31.2 Å². The molecule has 1 aromatic carbocycles. The molecule has 1 amide bonds. The molecule has 0 spiro atoms. The SMILES string of the molecule is CSC(=Nc1ccccc1C(=O)NCC1CCCO1)NC#N. The number of ether oxygens (including phenoxy) is 1. The topological polar surface area (TPSA) is 86.5 Å². The fourth-order valence-corrected chi connectivity index (χ4v) is 2.49. The first-order valence-electron chi connectivity index (χ1n) is 7.01. The summed E-state index contributed by atoms with van der Waals surface area (Å²) in [4.78, 5) is 16.6. The first-order valence-corrected chi connectivity index (χ1v) is 8.23. The highest BCUT2D eigenvalue weighted by molar-refractivity contribution is 8.13. The van der Waals surface area contributed by atoms with E-state index in [-0.39, 0.29) is 12.0 Å². The van der Waals surface area contributed by atoms with Gasteiger partial charge < -0.3 is 10.1 Å². The van der Waals surface area contributed by atoms with Crippen molar-refractivity contribution in [2.24, 2.45) is 4.99 Å². The maximum atomic E-state index is 12.3. The van der Waals surface area contributed by atoms with Crippen LogP contribution in [0.5, 0.6) is 0 Å². The molecule has 1 aliphatic rings. The van der Waals surface area contributed by atoms with Crippen LogP contribution in [0.1, 0.15) is 23.2 Å². The van der Waals surface area contributed by atoms with E-state index in [1.165, 1.54) is 11.8 Å². The smallest absolute Gasteiger partial charge is 0.253 e. The number of hydrogen-bond donors (Lipinski definition) is 2. The number of amides is 1. The van der Waals surface area contributed by atoms with Crippen LogP contribution in [0.3, 0.4) is 0 Å². The van der Waals surface area contributed by atoms with Gasteiger partial charge in [0, 0.05) is 13.2 Å². The lowest BCUT2D eigenvalue weighted by Gasteiger charge is -2.12. The average molecular weight is 318 g/mol. The summed E-state index contributed by atoms with van der Waals surface area (Å²) >= 11 is 1.31. The molecule has 1 heterocycles. The Hall–Kier alpha value is -2.04. The fraction of sp³-hybridized carbons (Fsp3) is 0.400. The van der Waals surface area contributed by atoms with Gasteiger partial charge in [0.05, 0.1) is 17.4 Å². The van der Waals surface area contributed by atoms with Crippen LogP contribution in [0.2, 0.25) is 0 Å². The second-order valence-electron chi connectivity index (χ2n) is 4.72. The standard InChI is InChI=1S/C15H18N4O2S/c1-22-15(18-10-16)19-13-7-3-2-6-12(13)14(20)17-9-11-5-4-8-21-11/h2-3,6-7,11H,4-5,8-9H2,1H3,(H,17,20)(H,18,19). The van der Waals surface area contributed by atoms with Crippen LogP contribution in [0.25, 0.3) is 0 Å². The van der Waals surface area contributed by atoms with Crippen molar-refractivity contribution in [3.63, 3.8) is 0 Å². The predicted octanol–water partition coefficient (Wildman–Crippen LogP) is 2.02. The van der Waals surface area contributed by atoms with Crippen LogP contribution >= 0.6 is 11.8 Å². The van der Waals surface area contributed by atoms with Crippen molar-refractivity contribution in [3.8, 4) is 6.19 Å². The number of para-hydroxylation sites is 1. The molecule has 1 aliphatic heterocycles. The average Bonchev–Trinajstić information content (AvgIpc) is 3.06. The molecule has 0 saturated carbocycles. The highest BCUT2D eigenvalue weighted by Crippen LogP contribution is 2.20. The summed E-state index contributed by atoms with van der Waals surface area (Å²) in [6.45, 7) is 1.26. The number of nitriles is 1. The third-order valence-electron chi connectivity index (χ3n) is 3.24. The molecule has 1 aromatic rings. The van der Waals surface area contributed by atoms with E-state index in [9.17, 15) is 4.79 Å². The van der Waals surface area contributed by atoms with Gasteiger partial charge in [0.2, 0.25) is 0 Å². The Morgan fingerprint density at radius 2 is 2.36 bits per heavy atom.